The van der Waals surface area contributed by atoms with Crippen LogP contribution < -0.4 is 15.4 Å². The van der Waals surface area contributed by atoms with Gasteiger partial charge in [-0.15, -0.1) is 0 Å². The molecule has 0 aromatic carbocycles. The fourth-order valence-electron chi connectivity index (χ4n) is 2.50. The topological polar surface area (TPSA) is 75.6 Å². The second-order valence-electron chi connectivity index (χ2n) is 4.78. The number of hydrogen-bond donors (Lipinski definition) is 2. The number of methoxy groups -OCH3 is 1. The van der Waals surface area contributed by atoms with Crippen LogP contribution in [-0.2, 0) is 4.79 Å². The minimum atomic E-state index is -0.586. The van der Waals surface area contributed by atoms with E-state index in [0.29, 0.717) is 11.7 Å². The van der Waals surface area contributed by atoms with Gasteiger partial charge in [-0.25, -0.2) is 4.98 Å². The standard InChI is InChI=1S/C13H16N4O2/c1-19-10-8-9(2-5-15-10)11-16-12(18)13(17-11)3-6-14-7-4-13/h2,5,8,14H,3-4,6-7H2,1H3,(H,16,17,18). The number of amidine groups is 1. The number of hydrogen-bond acceptors (Lipinski definition) is 5. The van der Waals surface area contributed by atoms with E-state index >= 15 is 0 Å². The van der Waals surface area contributed by atoms with Crippen molar-refractivity contribution in [1.29, 1.82) is 0 Å². The molecule has 1 spiro atoms. The lowest BCUT2D eigenvalue weighted by Crippen LogP contribution is -2.47. The third-order valence-electron chi connectivity index (χ3n) is 3.63. The van der Waals surface area contributed by atoms with Gasteiger partial charge in [0, 0.05) is 17.8 Å². The summed E-state index contributed by atoms with van der Waals surface area (Å²) in [6.45, 7) is 1.65. The Morgan fingerprint density at radius 3 is 2.89 bits per heavy atom. The van der Waals surface area contributed by atoms with E-state index in [-0.39, 0.29) is 5.91 Å². The molecule has 0 aliphatic carbocycles. The highest BCUT2D eigenvalue weighted by Crippen LogP contribution is 2.28. The zero-order chi connectivity index (χ0) is 13.3. The molecule has 2 aliphatic rings. The molecule has 0 bridgehead atoms. The molecule has 100 valence electrons. The van der Waals surface area contributed by atoms with Gasteiger partial charge in [-0.2, -0.15) is 0 Å². The zero-order valence-electron chi connectivity index (χ0n) is 10.8. The van der Waals surface area contributed by atoms with E-state index in [1.807, 2.05) is 6.07 Å². The van der Waals surface area contributed by atoms with Gasteiger partial charge >= 0.3 is 0 Å². The van der Waals surface area contributed by atoms with Crippen LogP contribution in [0.2, 0.25) is 0 Å². The summed E-state index contributed by atoms with van der Waals surface area (Å²) >= 11 is 0. The lowest BCUT2D eigenvalue weighted by Gasteiger charge is -2.28. The number of rotatable bonds is 2. The van der Waals surface area contributed by atoms with Crippen LogP contribution in [-0.4, -0.2) is 42.5 Å². The van der Waals surface area contributed by atoms with Crippen molar-refractivity contribution in [2.45, 2.75) is 18.4 Å². The maximum Gasteiger partial charge on any atom is 0.253 e. The lowest BCUT2D eigenvalue weighted by molar-refractivity contribution is -0.124. The number of carbonyl (C=O) groups is 1. The van der Waals surface area contributed by atoms with Crippen molar-refractivity contribution in [3.05, 3.63) is 23.9 Å². The van der Waals surface area contributed by atoms with Crippen molar-refractivity contribution < 1.29 is 9.53 Å². The molecule has 2 N–H and O–H groups in total. The molecule has 0 radical (unpaired) electrons. The number of pyridine rings is 1. The van der Waals surface area contributed by atoms with Crippen LogP contribution in [0.1, 0.15) is 18.4 Å². The van der Waals surface area contributed by atoms with E-state index in [2.05, 4.69) is 20.6 Å². The normalized spacial score (nSPS) is 21.1. The molecule has 3 heterocycles. The summed E-state index contributed by atoms with van der Waals surface area (Å²) in [6.07, 6.45) is 3.13. The molecule has 6 heteroatoms. The minimum Gasteiger partial charge on any atom is -0.481 e. The highest BCUT2D eigenvalue weighted by Gasteiger charge is 2.44. The van der Waals surface area contributed by atoms with E-state index in [4.69, 9.17) is 4.74 Å². The van der Waals surface area contributed by atoms with Crippen LogP contribution in [0, 0.1) is 0 Å². The summed E-state index contributed by atoms with van der Waals surface area (Å²) in [5, 5.41) is 6.13. The van der Waals surface area contributed by atoms with Crippen LogP contribution in [0.3, 0.4) is 0 Å². The number of aliphatic imine (C=N–C) groups is 1. The van der Waals surface area contributed by atoms with E-state index < -0.39 is 5.54 Å². The second-order valence-corrected chi connectivity index (χ2v) is 4.78. The maximum absolute atomic E-state index is 12.2. The van der Waals surface area contributed by atoms with Gasteiger partial charge in [-0.05, 0) is 32.0 Å². The molecule has 0 atom stereocenters. The molecular formula is C13H16N4O2. The number of amides is 1. The Morgan fingerprint density at radius 1 is 1.37 bits per heavy atom. The Balaban J connectivity index is 1.93. The second kappa shape index (κ2) is 4.62. The average Bonchev–Trinajstić information content (AvgIpc) is 2.77. The minimum absolute atomic E-state index is 0.000205. The van der Waals surface area contributed by atoms with E-state index in [9.17, 15) is 4.79 Å². The first-order chi connectivity index (χ1) is 9.23. The molecule has 0 unspecified atom stereocenters. The molecule has 19 heavy (non-hydrogen) atoms. The van der Waals surface area contributed by atoms with E-state index in [1.165, 1.54) is 0 Å². The van der Waals surface area contributed by atoms with Crippen molar-refractivity contribution in [1.82, 2.24) is 15.6 Å². The van der Waals surface area contributed by atoms with Crippen LogP contribution >= 0.6 is 0 Å². The Labute approximate surface area is 111 Å². The first-order valence-electron chi connectivity index (χ1n) is 6.36. The number of ether oxygens (including phenoxy) is 1. The molecule has 1 saturated heterocycles. The summed E-state index contributed by atoms with van der Waals surface area (Å²) in [6, 6.07) is 3.60. The van der Waals surface area contributed by atoms with Gasteiger partial charge in [0.1, 0.15) is 11.4 Å². The first-order valence-corrected chi connectivity index (χ1v) is 6.36. The summed E-state index contributed by atoms with van der Waals surface area (Å²) in [5.41, 5.74) is 0.243. The molecule has 1 aromatic rings. The molecule has 1 aromatic heterocycles. The highest BCUT2D eigenvalue weighted by atomic mass is 16.5. The SMILES string of the molecule is COc1cc(C2=NC3(CCNCC3)C(=O)N2)ccn1. The third-order valence-corrected chi connectivity index (χ3v) is 3.63. The van der Waals surface area contributed by atoms with Gasteiger partial charge < -0.3 is 15.4 Å². The fourth-order valence-corrected chi connectivity index (χ4v) is 2.50. The van der Waals surface area contributed by atoms with E-state index in [1.54, 1.807) is 19.4 Å². The molecule has 3 rings (SSSR count). The molecule has 1 amide bonds. The summed E-state index contributed by atoms with van der Waals surface area (Å²) in [4.78, 5) is 20.9. The predicted octanol–water partition coefficient (Wildman–Crippen LogP) is 0.0888. The first kappa shape index (κ1) is 12.1. The van der Waals surface area contributed by atoms with Crippen molar-refractivity contribution in [3.8, 4) is 5.88 Å². The van der Waals surface area contributed by atoms with Gasteiger partial charge in [0.05, 0.1) is 7.11 Å². The quantitative estimate of drug-likeness (QED) is 0.790. The van der Waals surface area contributed by atoms with Crippen LogP contribution in [0.5, 0.6) is 5.88 Å². The van der Waals surface area contributed by atoms with Crippen LogP contribution in [0.25, 0.3) is 0 Å². The van der Waals surface area contributed by atoms with Gasteiger partial charge in [0.25, 0.3) is 5.91 Å². The van der Waals surface area contributed by atoms with Crippen molar-refractivity contribution in [2.75, 3.05) is 20.2 Å². The van der Waals surface area contributed by atoms with Crippen LogP contribution in [0.4, 0.5) is 0 Å². The van der Waals surface area contributed by atoms with Crippen molar-refractivity contribution in [3.63, 3.8) is 0 Å². The largest absolute Gasteiger partial charge is 0.481 e. The number of carbonyl (C=O) groups excluding carboxylic acids is 1. The lowest BCUT2D eigenvalue weighted by atomic mass is 9.89. The number of piperidine rings is 1. The number of nitrogens with one attached hydrogen (secondary N) is 2. The summed E-state index contributed by atoms with van der Waals surface area (Å²) in [7, 11) is 1.56. The molecular weight excluding hydrogens is 244 g/mol. The Morgan fingerprint density at radius 2 is 2.16 bits per heavy atom. The Kier molecular flexibility index (Phi) is 2.94. The third kappa shape index (κ3) is 2.08. The smallest absolute Gasteiger partial charge is 0.253 e. The zero-order valence-corrected chi connectivity index (χ0v) is 10.8. The average molecular weight is 260 g/mol. The monoisotopic (exact) mass is 260 g/mol. The van der Waals surface area contributed by atoms with Gasteiger partial charge in [-0.1, -0.05) is 0 Å². The van der Waals surface area contributed by atoms with Gasteiger partial charge in [0.15, 0.2) is 0 Å². The molecule has 1 fully saturated rings. The summed E-state index contributed by atoms with van der Waals surface area (Å²) < 4.78 is 5.09. The Bertz CT molecular complexity index is 535. The van der Waals surface area contributed by atoms with Crippen LogP contribution in [0.15, 0.2) is 23.3 Å². The van der Waals surface area contributed by atoms with Crippen molar-refractivity contribution in [2.24, 2.45) is 4.99 Å². The number of nitrogens with zero attached hydrogens (tertiary/aromatic N) is 2. The molecule has 2 aliphatic heterocycles. The van der Waals surface area contributed by atoms with E-state index in [0.717, 1.165) is 31.5 Å². The maximum atomic E-state index is 12.2. The molecule has 0 saturated carbocycles. The number of aromatic nitrogens is 1. The molecule has 6 nitrogen and oxygen atoms in total. The summed E-state index contributed by atoms with van der Waals surface area (Å²) in [5.74, 6) is 1.13. The Hall–Kier alpha value is -1.95. The fraction of sp³-hybridized carbons (Fsp3) is 0.462. The van der Waals surface area contributed by atoms with Crippen molar-refractivity contribution >= 4 is 11.7 Å². The van der Waals surface area contributed by atoms with Gasteiger partial charge in [-0.3, -0.25) is 9.79 Å². The highest BCUT2D eigenvalue weighted by molar-refractivity contribution is 6.15. The predicted molar refractivity (Wildman–Crippen MR) is 70.3 cm³/mol. The van der Waals surface area contributed by atoms with Gasteiger partial charge in [0.2, 0.25) is 5.88 Å².